The van der Waals surface area contributed by atoms with Crippen molar-refractivity contribution in [3.05, 3.63) is 47.8 Å². The second-order valence-electron chi connectivity index (χ2n) is 5.05. The van der Waals surface area contributed by atoms with Gasteiger partial charge in [0.2, 0.25) is 0 Å². The lowest BCUT2D eigenvalue weighted by atomic mass is 9.99. The number of aliphatic carboxylic acids is 1. The average molecular weight is 305 g/mol. The molecule has 2 aromatic rings. The van der Waals surface area contributed by atoms with Crippen molar-refractivity contribution in [2.75, 3.05) is 0 Å². The number of halogens is 1. The highest BCUT2D eigenvalue weighted by atomic mass is 35.5. The molecule has 21 heavy (non-hydrogen) atoms. The Bertz CT molecular complexity index is 622. The Balaban J connectivity index is 2.24. The smallest absolute Gasteiger partial charge is 0.329 e. The standard InChI is InChI=1S/C16H17ClN2O2/c1-3-4-11-9-18-14(19-10-11)12-5-7-13(8-6-12)16(2,17)15(20)21/h5-10H,3-4H2,1-2H3,(H,20,21)/t16-/m1/s1. The van der Waals surface area contributed by atoms with Crippen LogP contribution in [0.3, 0.4) is 0 Å². The molecule has 1 aromatic heterocycles. The zero-order valence-electron chi connectivity index (χ0n) is 12.0. The van der Waals surface area contributed by atoms with Crippen molar-refractivity contribution < 1.29 is 9.90 Å². The summed E-state index contributed by atoms with van der Waals surface area (Å²) in [6.45, 7) is 3.57. The van der Waals surface area contributed by atoms with Crippen LogP contribution < -0.4 is 0 Å². The van der Waals surface area contributed by atoms with Gasteiger partial charge in [-0.1, -0.05) is 37.6 Å². The number of hydrogen-bond donors (Lipinski definition) is 1. The summed E-state index contributed by atoms with van der Waals surface area (Å²) in [7, 11) is 0. The highest BCUT2D eigenvalue weighted by molar-refractivity contribution is 6.33. The summed E-state index contributed by atoms with van der Waals surface area (Å²) in [5, 5.41) is 9.11. The van der Waals surface area contributed by atoms with Crippen molar-refractivity contribution in [1.82, 2.24) is 9.97 Å². The molecule has 0 aliphatic heterocycles. The van der Waals surface area contributed by atoms with Crippen molar-refractivity contribution in [2.24, 2.45) is 0 Å². The highest BCUT2D eigenvalue weighted by Crippen LogP contribution is 2.30. The van der Waals surface area contributed by atoms with E-state index in [0.717, 1.165) is 24.0 Å². The number of carbonyl (C=O) groups is 1. The molecule has 0 saturated heterocycles. The van der Waals surface area contributed by atoms with E-state index in [1.54, 1.807) is 24.3 Å². The van der Waals surface area contributed by atoms with Crippen molar-refractivity contribution in [1.29, 1.82) is 0 Å². The lowest BCUT2D eigenvalue weighted by Gasteiger charge is -2.17. The van der Waals surface area contributed by atoms with Crippen LogP contribution in [-0.2, 0) is 16.1 Å². The number of carboxylic acid groups (broad SMARTS) is 1. The van der Waals surface area contributed by atoms with Gasteiger partial charge in [0.1, 0.15) is 0 Å². The van der Waals surface area contributed by atoms with E-state index in [4.69, 9.17) is 16.7 Å². The molecule has 1 aromatic carbocycles. The summed E-state index contributed by atoms with van der Waals surface area (Å²) < 4.78 is 0. The Hall–Kier alpha value is -1.94. The van der Waals surface area contributed by atoms with Crippen LogP contribution in [0.2, 0.25) is 0 Å². The van der Waals surface area contributed by atoms with E-state index >= 15 is 0 Å². The van der Waals surface area contributed by atoms with E-state index in [0.29, 0.717) is 11.4 Å². The van der Waals surface area contributed by atoms with Gasteiger partial charge in [0.05, 0.1) is 0 Å². The molecule has 0 unspecified atom stereocenters. The Kier molecular flexibility index (Phi) is 4.58. The third-order valence-corrected chi connectivity index (χ3v) is 3.71. The van der Waals surface area contributed by atoms with Gasteiger partial charge in [0.25, 0.3) is 0 Å². The minimum atomic E-state index is -1.43. The first-order valence-corrected chi connectivity index (χ1v) is 7.17. The predicted molar refractivity (Wildman–Crippen MR) is 82.3 cm³/mol. The van der Waals surface area contributed by atoms with E-state index < -0.39 is 10.8 Å². The first-order chi connectivity index (χ1) is 9.95. The van der Waals surface area contributed by atoms with Crippen LogP contribution in [0.25, 0.3) is 11.4 Å². The molecule has 4 nitrogen and oxygen atoms in total. The highest BCUT2D eigenvalue weighted by Gasteiger charge is 2.32. The number of hydrogen-bond acceptors (Lipinski definition) is 3. The predicted octanol–water partition coefficient (Wildman–Crippen LogP) is 3.63. The summed E-state index contributed by atoms with van der Waals surface area (Å²) >= 11 is 6.02. The van der Waals surface area contributed by atoms with Crippen LogP contribution in [0, 0.1) is 0 Å². The Morgan fingerprint density at radius 2 is 1.81 bits per heavy atom. The normalized spacial score (nSPS) is 13.7. The van der Waals surface area contributed by atoms with Gasteiger partial charge in [-0.25, -0.2) is 14.8 Å². The van der Waals surface area contributed by atoms with Gasteiger partial charge < -0.3 is 5.11 Å². The quantitative estimate of drug-likeness (QED) is 0.857. The van der Waals surface area contributed by atoms with Crippen molar-refractivity contribution in [2.45, 2.75) is 31.6 Å². The molecular weight excluding hydrogens is 288 g/mol. The van der Waals surface area contributed by atoms with Gasteiger partial charge in [-0.3, -0.25) is 0 Å². The number of nitrogens with zero attached hydrogens (tertiary/aromatic N) is 2. The molecule has 0 amide bonds. The molecule has 0 spiro atoms. The van der Waals surface area contributed by atoms with Crippen LogP contribution >= 0.6 is 11.6 Å². The lowest BCUT2D eigenvalue weighted by molar-refractivity contribution is -0.139. The molecule has 110 valence electrons. The van der Waals surface area contributed by atoms with E-state index in [9.17, 15) is 4.79 Å². The first kappa shape index (κ1) is 15.4. The van der Waals surface area contributed by atoms with Gasteiger partial charge in [0.15, 0.2) is 10.7 Å². The maximum absolute atomic E-state index is 11.1. The van der Waals surface area contributed by atoms with Gasteiger partial charge in [-0.2, -0.15) is 0 Å². The van der Waals surface area contributed by atoms with Gasteiger partial charge in [0, 0.05) is 18.0 Å². The van der Waals surface area contributed by atoms with Crippen molar-refractivity contribution >= 4 is 17.6 Å². The molecule has 0 aliphatic rings. The van der Waals surface area contributed by atoms with E-state index in [1.807, 2.05) is 12.4 Å². The minimum Gasteiger partial charge on any atom is -0.480 e. The summed E-state index contributed by atoms with van der Waals surface area (Å²) in [5.74, 6) is -0.454. The molecule has 0 bridgehead atoms. The number of aromatic nitrogens is 2. The second kappa shape index (κ2) is 6.22. The average Bonchev–Trinajstić information content (AvgIpc) is 2.48. The monoisotopic (exact) mass is 304 g/mol. The topological polar surface area (TPSA) is 63.1 Å². The fourth-order valence-corrected chi connectivity index (χ4v) is 2.10. The second-order valence-corrected chi connectivity index (χ2v) is 5.81. The lowest BCUT2D eigenvalue weighted by Crippen LogP contribution is -2.25. The van der Waals surface area contributed by atoms with Crippen molar-refractivity contribution in [3.63, 3.8) is 0 Å². The molecule has 0 radical (unpaired) electrons. The molecule has 1 N–H and O–H groups in total. The minimum absolute atomic E-state index is 0.531. The number of aryl methyl sites for hydroxylation is 1. The largest absolute Gasteiger partial charge is 0.480 e. The third kappa shape index (κ3) is 3.39. The molecule has 0 saturated carbocycles. The fraction of sp³-hybridized carbons (Fsp3) is 0.312. The van der Waals surface area contributed by atoms with E-state index in [1.165, 1.54) is 6.92 Å². The molecule has 2 rings (SSSR count). The Morgan fingerprint density at radius 3 is 2.29 bits per heavy atom. The molecular formula is C16H17ClN2O2. The number of benzene rings is 1. The van der Waals surface area contributed by atoms with Crippen LogP contribution in [-0.4, -0.2) is 21.0 Å². The van der Waals surface area contributed by atoms with Gasteiger partial charge in [-0.05, 0) is 24.5 Å². The molecule has 5 heteroatoms. The molecule has 1 atom stereocenters. The van der Waals surface area contributed by atoms with Gasteiger partial charge in [-0.15, -0.1) is 11.6 Å². The number of rotatable bonds is 5. The summed E-state index contributed by atoms with van der Waals surface area (Å²) in [4.78, 5) is 18.4. The summed E-state index contributed by atoms with van der Waals surface area (Å²) in [5.41, 5.74) is 2.47. The summed E-state index contributed by atoms with van der Waals surface area (Å²) in [6.07, 6.45) is 5.66. The van der Waals surface area contributed by atoms with Crippen LogP contribution in [0.1, 0.15) is 31.4 Å². The number of alkyl halides is 1. The third-order valence-electron chi connectivity index (χ3n) is 3.33. The van der Waals surface area contributed by atoms with Crippen molar-refractivity contribution in [3.8, 4) is 11.4 Å². The zero-order valence-corrected chi connectivity index (χ0v) is 12.8. The SMILES string of the molecule is CCCc1cnc(-c2ccc([C@@](C)(Cl)C(=O)O)cc2)nc1. The Labute approximate surface area is 128 Å². The first-order valence-electron chi connectivity index (χ1n) is 6.79. The molecule has 0 aliphatic carbocycles. The number of carboxylic acids is 1. The molecule has 1 heterocycles. The van der Waals surface area contributed by atoms with Crippen LogP contribution in [0.5, 0.6) is 0 Å². The maximum atomic E-state index is 11.1. The summed E-state index contributed by atoms with van der Waals surface area (Å²) in [6, 6.07) is 6.96. The van der Waals surface area contributed by atoms with E-state index in [-0.39, 0.29) is 0 Å². The Morgan fingerprint density at radius 1 is 1.24 bits per heavy atom. The zero-order chi connectivity index (χ0) is 15.5. The maximum Gasteiger partial charge on any atom is 0.329 e. The fourth-order valence-electron chi connectivity index (χ4n) is 1.98. The van der Waals surface area contributed by atoms with E-state index in [2.05, 4.69) is 16.9 Å². The molecule has 0 fully saturated rings. The van der Waals surface area contributed by atoms with Crippen LogP contribution in [0.15, 0.2) is 36.7 Å². The van der Waals surface area contributed by atoms with Gasteiger partial charge >= 0.3 is 5.97 Å². The van der Waals surface area contributed by atoms with Crippen LogP contribution in [0.4, 0.5) is 0 Å².